The van der Waals surface area contributed by atoms with Crippen molar-refractivity contribution in [3.05, 3.63) is 44.3 Å². The van der Waals surface area contributed by atoms with Crippen molar-refractivity contribution in [2.45, 2.75) is 12.8 Å². The second-order valence-electron chi connectivity index (χ2n) is 4.33. The fraction of sp³-hybridized carbons (Fsp3) is 0.143. The molecule has 3 aromatic rings. The van der Waals surface area contributed by atoms with Crippen molar-refractivity contribution in [1.82, 2.24) is 9.97 Å². The van der Waals surface area contributed by atoms with Gasteiger partial charge in [-0.05, 0) is 25.1 Å². The summed E-state index contributed by atoms with van der Waals surface area (Å²) in [5, 5.41) is 11.2. The molecule has 0 saturated carbocycles. The Kier molecular flexibility index (Phi) is 3.72. The molecule has 0 aliphatic carbocycles. The molecule has 7 heteroatoms. The number of hydrogen-bond donors (Lipinski definition) is 0. The lowest BCUT2D eigenvalue weighted by molar-refractivity contribution is 0.0982. The second-order valence-corrected chi connectivity index (χ2v) is 7.07. The summed E-state index contributed by atoms with van der Waals surface area (Å²) in [6.07, 6.45) is 1.51. The largest absolute Gasteiger partial charge is 0.291 e. The van der Waals surface area contributed by atoms with E-state index in [2.05, 4.69) is 9.97 Å². The summed E-state index contributed by atoms with van der Waals surface area (Å²) in [7, 11) is 0. The number of nitrogens with zero attached hydrogens (tertiary/aromatic N) is 3. The summed E-state index contributed by atoms with van der Waals surface area (Å²) in [5.74, 6) is -1.16. The molecule has 3 rings (SSSR count). The highest BCUT2D eigenvalue weighted by Gasteiger charge is 2.26. The van der Waals surface area contributed by atoms with Gasteiger partial charge >= 0.3 is 0 Å². The van der Waals surface area contributed by atoms with E-state index in [0.29, 0.717) is 20.4 Å². The first-order valence-corrected chi connectivity index (χ1v) is 8.02. The first-order chi connectivity index (χ1) is 10.1. The summed E-state index contributed by atoms with van der Waals surface area (Å²) in [6.45, 7) is 1.82. The van der Waals surface area contributed by atoms with E-state index in [-0.39, 0.29) is 5.78 Å². The molecule has 0 aliphatic rings. The molecule has 1 aromatic carbocycles. The Morgan fingerprint density at radius 2 is 2.24 bits per heavy atom. The molecule has 0 amide bonds. The highest BCUT2D eigenvalue weighted by molar-refractivity contribution is 7.19. The van der Waals surface area contributed by atoms with Gasteiger partial charge in [-0.3, -0.25) is 4.79 Å². The molecule has 0 N–H and O–H groups in total. The van der Waals surface area contributed by atoms with Crippen molar-refractivity contribution < 1.29 is 4.79 Å². The Morgan fingerprint density at radius 3 is 2.90 bits per heavy atom. The summed E-state index contributed by atoms with van der Waals surface area (Å²) in [4.78, 5) is 21.3. The molecule has 0 bridgehead atoms. The van der Waals surface area contributed by atoms with Gasteiger partial charge in [-0.2, -0.15) is 5.26 Å². The summed E-state index contributed by atoms with van der Waals surface area (Å²) in [5.41, 5.74) is 0.705. The average molecular weight is 334 g/mol. The lowest BCUT2D eigenvalue weighted by Crippen LogP contribution is -2.09. The SMILES string of the molecule is Cc1ncc(C(=O)[C@H](C#N)c2nc3cc(Cl)ccc3s2)s1. The topological polar surface area (TPSA) is 66.6 Å². The fourth-order valence-corrected chi connectivity index (χ4v) is 3.79. The molecular weight excluding hydrogens is 326 g/mol. The Hall–Kier alpha value is -1.81. The number of rotatable bonds is 3. The quantitative estimate of drug-likeness (QED) is 0.673. The van der Waals surface area contributed by atoms with Gasteiger partial charge in [0, 0.05) is 11.2 Å². The molecule has 0 spiro atoms. The van der Waals surface area contributed by atoms with E-state index in [9.17, 15) is 10.1 Å². The van der Waals surface area contributed by atoms with Gasteiger partial charge in [-0.25, -0.2) is 9.97 Å². The number of hydrogen-bond acceptors (Lipinski definition) is 6. The van der Waals surface area contributed by atoms with Gasteiger partial charge < -0.3 is 0 Å². The number of halogens is 1. The monoisotopic (exact) mass is 333 g/mol. The molecule has 0 aliphatic heterocycles. The van der Waals surface area contributed by atoms with E-state index in [1.54, 1.807) is 12.1 Å². The van der Waals surface area contributed by atoms with E-state index >= 15 is 0 Å². The number of fused-ring (bicyclic) bond motifs is 1. The van der Waals surface area contributed by atoms with Crippen molar-refractivity contribution in [2.75, 3.05) is 0 Å². The highest BCUT2D eigenvalue weighted by Crippen LogP contribution is 2.31. The summed E-state index contributed by atoms with van der Waals surface area (Å²) in [6, 6.07) is 7.38. The summed E-state index contributed by atoms with van der Waals surface area (Å²) < 4.78 is 0.905. The first kappa shape index (κ1) is 14.1. The van der Waals surface area contributed by atoms with Gasteiger partial charge in [-0.15, -0.1) is 22.7 Å². The van der Waals surface area contributed by atoms with Crippen LogP contribution >= 0.6 is 34.3 Å². The highest BCUT2D eigenvalue weighted by atomic mass is 35.5. The predicted octanol–water partition coefficient (Wildman–Crippen LogP) is 4.20. The van der Waals surface area contributed by atoms with Crippen LogP contribution in [0.3, 0.4) is 0 Å². The van der Waals surface area contributed by atoms with Crippen molar-refractivity contribution in [1.29, 1.82) is 5.26 Å². The zero-order valence-electron chi connectivity index (χ0n) is 10.8. The maximum atomic E-state index is 12.4. The molecular formula is C14H8ClN3OS2. The van der Waals surface area contributed by atoms with Crippen LogP contribution in [0.25, 0.3) is 10.2 Å². The molecule has 0 unspecified atom stereocenters. The van der Waals surface area contributed by atoms with Crippen LogP contribution in [0.2, 0.25) is 5.02 Å². The molecule has 104 valence electrons. The lowest BCUT2D eigenvalue weighted by atomic mass is 10.1. The van der Waals surface area contributed by atoms with E-state index in [4.69, 9.17) is 11.6 Å². The number of thiazole rings is 2. The molecule has 0 fully saturated rings. The van der Waals surface area contributed by atoms with Crippen molar-refractivity contribution in [3.8, 4) is 6.07 Å². The fourth-order valence-electron chi connectivity index (χ4n) is 1.89. The zero-order chi connectivity index (χ0) is 15.0. The maximum absolute atomic E-state index is 12.4. The van der Waals surface area contributed by atoms with E-state index in [0.717, 1.165) is 9.71 Å². The molecule has 0 saturated heterocycles. The normalized spacial score (nSPS) is 12.2. The Morgan fingerprint density at radius 1 is 1.43 bits per heavy atom. The van der Waals surface area contributed by atoms with Crippen molar-refractivity contribution in [2.24, 2.45) is 0 Å². The van der Waals surface area contributed by atoms with Crippen molar-refractivity contribution >= 4 is 50.3 Å². The van der Waals surface area contributed by atoms with Gasteiger partial charge in [0.2, 0.25) is 0 Å². The smallest absolute Gasteiger partial charge is 0.198 e. The Bertz CT molecular complexity index is 878. The number of ketones is 1. The third-order valence-electron chi connectivity index (χ3n) is 2.87. The predicted molar refractivity (Wildman–Crippen MR) is 84.2 cm³/mol. The molecule has 2 aromatic heterocycles. The summed E-state index contributed by atoms with van der Waals surface area (Å²) >= 11 is 8.56. The number of Topliss-reactive ketones (excluding diaryl/α,β-unsaturated/α-hetero) is 1. The molecule has 4 nitrogen and oxygen atoms in total. The van der Waals surface area contributed by atoms with Gasteiger partial charge in [0.1, 0.15) is 5.01 Å². The van der Waals surface area contributed by atoms with Crippen LogP contribution in [0.4, 0.5) is 0 Å². The third-order valence-corrected chi connectivity index (χ3v) is 5.13. The Balaban J connectivity index is 2.02. The van der Waals surface area contributed by atoms with Crippen LogP contribution in [0, 0.1) is 18.3 Å². The zero-order valence-corrected chi connectivity index (χ0v) is 13.2. The van der Waals surface area contributed by atoms with Gasteiger partial charge in [0.05, 0.1) is 26.2 Å². The van der Waals surface area contributed by atoms with E-state index in [1.807, 2.05) is 19.1 Å². The lowest BCUT2D eigenvalue weighted by Gasteiger charge is -2.01. The average Bonchev–Trinajstić information content (AvgIpc) is 3.05. The van der Waals surface area contributed by atoms with Gasteiger partial charge in [-0.1, -0.05) is 11.6 Å². The minimum atomic E-state index is -0.902. The second kappa shape index (κ2) is 5.53. The van der Waals surface area contributed by atoms with Gasteiger partial charge in [0.25, 0.3) is 0 Å². The maximum Gasteiger partial charge on any atom is 0.198 e. The molecule has 21 heavy (non-hydrogen) atoms. The number of aromatic nitrogens is 2. The van der Waals surface area contributed by atoms with E-state index < -0.39 is 5.92 Å². The van der Waals surface area contributed by atoms with Crippen LogP contribution in [-0.4, -0.2) is 15.8 Å². The van der Waals surface area contributed by atoms with Crippen LogP contribution < -0.4 is 0 Å². The number of carbonyl (C=O) groups excluding carboxylic acids is 1. The standard InChI is InChI=1S/C14H8ClN3OS2/c1-7-17-6-12(20-7)13(19)9(5-16)14-18-10-4-8(15)2-3-11(10)21-14/h2-4,6,9H,1H3/t9-/m0/s1. The van der Waals surface area contributed by atoms with E-state index in [1.165, 1.54) is 28.9 Å². The first-order valence-electron chi connectivity index (χ1n) is 6.00. The van der Waals surface area contributed by atoms with Crippen LogP contribution in [-0.2, 0) is 0 Å². The minimum Gasteiger partial charge on any atom is -0.291 e. The number of benzene rings is 1. The molecule has 2 heterocycles. The van der Waals surface area contributed by atoms with Crippen LogP contribution in [0.5, 0.6) is 0 Å². The molecule has 1 atom stereocenters. The minimum absolute atomic E-state index is 0.256. The number of aryl methyl sites for hydroxylation is 1. The van der Waals surface area contributed by atoms with Crippen molar-refractivity contribution in [3.63, 3.8) is 0 Å². The number of carbonyl (C=O) groups is 1. The number of nitriles is 1. The van der Waals surface area contributed by atoms with Gasteiger partial charge in [0.15, 0.2) is 11.7 Å². The third kappa shape index (κ3) is 2.68. The Labute approximate surface area is 133 Å². The van der Waals surface area contributed by atoms with Crippen LogP contribution in [0.1, 0.15) is 25.6 Å². The molecule has 0 radical (unpaired) electrons. The van der Waals surface area contributed by atoms with Crippen LogP contribution in [0.15, 0.2) is 24.4 Å².